The second kappa shape index (κ2) is 4.78. The maximum Gasteiger partial charge on any atom is 0.348 e. The van der Waals surface area contributed by atoms with Gasteiger partial charge in [-0.05, 0) is 12.1 Å². The zero-order valence-corrected chi connectivity index (χ0v) is 8.17. The molecule has 3 nitrogen and oxygen atoms in total. The fourth-order valence-electron chi connectivity index (χ4n) is 1.07. The third-order valence-electron chi connectivity index (χ3n) is 1.85. The summed E-state index contributed by atoms with van der Waals surface area (Å²) < 4.78 is 43.1. The SMILES string of the molecule is COC(=O)C(F)C(=O)c1c(F)cccc1F. The molecular formula is C10H7F3O3. The highest BCUT2D eigenvalue weighted by molar-refractivity contribution is 6.11. The monoisotopic (exact) mass is 232 g/mol. The molecule has 0 aliphatic heterocycles. The van der Waals surface area contributed by atoms with Crippen LogP contribution < -0.4 is 0 Å². The van der Waals surface area contributed by atoms with Crippen molar-refractivity contribution in [2.24, 2.45) is 0 Å². The van der Waals surface area contributed by atoms with Crippen molar-refractivity contribution in [1.82, 2.24) is 0 Å². The number of alkyl halides is 1. The van der Waals surface area contributed by atoms with Crippen molar-refractivity contribution in [3.05, 3.63) is 35.4 Å². The topological polar surface area (TPSA) is 43.4 Å². The van der Waals surface area contributed by atoms with Crippen molar-refractivity contribution >= 4 is 11.8 Å². The molecule has 0 aliphatic carbocycles. The first-order chi connectivity index (χ1) is 7.49. The van der Waals surface area contributed by atoms with E-state index < -0.39 is 35.1 Å². The Morgan fingerprint density at radius 2 is 1.75 bits per heavy atom. The Bertz CT molecular complexity index is 411. The van der Waals surface area contributed by atoms with Crippen LogP contribution in [0.1, 0.15) is 10.4 Å². The lowest BCUT2D eigenvalue weighted by Gasteiger charge is -2.06. The van der Waals surface area contributed by atoms with Crippen LogP contribution in [0.4, 0.5) is 13.2 Å². The summed E-state index contributed by atoms with van der Waals surface area (Å²) in [5.74, 6) is -5.54. The van der Waals surface area contributed by atoms with Crippen molar-refractivity contribution in [3.63, 3.8) is 0 Å². The fourth-order valence-corrected chi connectivity index (χ4v) is 1.07. The fraction of sp³-hybridized carbons (Fsp3) is 0.200. The quantitative estimate of drug-likeness (QED) is 0.452. The third kappa shape index (κ3) is 2.21. The molecule has 86 valence electrons. The first-order valence-corrected chi connectivity index (χ1v) is 4.19. The lowest BCUT2D eigenvalue weighted by atomic mass is 10.1. The molecule has 0 amide bonds. The number of Topliss-reactive ketones (excluding diaryl/α,β-unsaturated/α-hetero) is 1. The second-order valence-corrected chi connectivity index (χ2v) is 2.85. The molecule has 0 heterocycles. The number of hydrogen-bond donors (Lipinski definition) is 0. The van der Waals surface area contributed by atoms with E-state index in [2.05, 4.69) is 4.74 Å². The number of rotatable bonds is 3. The molecular weight excluding hydrogens is 225 g/mol. The van der Waals surface area contributed by atoms with E-state index in [-0.39, 0.29) is 0 Å². The number of esters is 1. The summed E-state index contributed by atoms with van der Waals surface area (Å²) in [6.45, 7) is 0. The van der Waals surface area contributed by atoms with E-state index in [0.717, 1.165) is 25.3 Å². The van der Waals surface area contributed by atoms with Crippen LogP contribution >= 0.6 is 0 Å². The van der Waals surface area contributed by atoms with E-state index in [4.69, 9.17) is 0 Å². The van der Waals surface area contributed by atoms with Gasteiger partial charge in [0.25, 0.3) is 6.17 Å². The summed E-state index contributed by atoms with van der Waals surface area (Å²) in [6.07, 6.45) is -2.73. The number of halogens is 3. The van der Waals surface area contributed by atoms with Gasteiger partial charge in [-0.15, -0.1) is 0 Å². The molecule has 1 atom stereocenters. The molecule has 0 aliphatic rings. The minimum Gasteiger partial charge on any atom is -0.467 e. The molecule has 6 heteroatoms. The highest BCUT2D eigenvalue weighted by Gasteiger charge is 2.31. The van der Waals surface area contributed by atoms with Gasteiger partial charge >= 0.3 is 5.97 Å². The Kier molecular flexibility index (Phi) is 3.65. The number of benzene rings is 1. The lowest BCUT2D eigenvalue weighted by molar-refractivity contribution is -0.144. The molecule has 0 bridgehead atoms. The summed E-state index contributed by atoms with van der Waals surface area (Å²) >= 11 is 0. The number of carbonyl (C=O) groups excluding carboxylic acids is 2. The number of carbonyl (C=O) groups is 2. The summed E-state index contributed by atoms with van der Waals surface area (Å²) in [7, 11) is 0.861. The molecule has 0 aromatic heterocycles. The summed E-state index contributed by atoms with van der Waals surface area (Å²) in [5, 5.41) is 0. The van der Waals surface area contributed by atoms with Crippen LogP contribution in [0.15, 0.2) is 18.2 Å². The van der Waals surface area contributed by atoms with Gasteiger partial charge in [0.1, 0.15) is 11.6 Å². The highest BCUT2D eigenvalue weighted by Crippen LogP contribution is 2.16. The molecule has 0 radical (unpaired) electrons. The first kappa shape index (κ1) is 12.2. The van der Waals surface area contributed by atoms with Crippen LogP contribution in [0.25, 0.3) is 0 Å². The average molecular weight is 232 g/mol. The second-order valence-electron chi connectivity index (χ2n) is 2.85. The van der Waals surface area contributed by atoms with Crippen molar-refractivity contribution in [2.75, 3.05) is 7.11 Å². The average Bonchev–Trinajstić information content (AvgIpc) is 2.26. The Morgan fingerprint density at radius 1 is 1.25 bits per heavy atom. The van der Waals surface area contributed by atoms with Crippen LogP contribution in [0.2, 0.25) is 0 Å². The van der Waals surface area contributed by atoms with Crippen LogP contribution in [0, 0.1) is 11.6 Å². The van der Waals surface area contributed by atoms with Gasteiger partial charge in [0.15, 0.2) is 0 Å². The van der Waals surface area contributed by atoms with E-state index in [0.29, 0.717) is 0 Å². The molecule has 1 aromatic rings. The highest BCUT2D eigenvalue weighted by atomic mass is 19.1. The van der Waals surface area contributed by atoms with Crippen molar-refractivity contribution < 1.29 is 27.5 Å². The predicted molar refractivity (Wildman–Crippen MR) is 47.6 cm³/mol. The van der Waals surface area contributed by atoms with Crippen molar-refractivity contribution in [1.29, 1.82) is 0 Å². The molecule has 0 fully saturated rings. The lowest BCUT2D eigenvalue weighted by Crippen LogP contribution is -2.28. The molecule has 1 aromatic carbocycles. The summed E-state index contributed by atoms with van der Waals surface area (Å²) in [6, 6.07) is 2.60. The first-order valence-electron chi connectivity index (χ1n) is 4.19. The molecule has 0 N–H and O–H groups in total. The molecule has 16 heavy (non-hydrogen) atoms. The van der Waals surface area contributed by atoms with Crippen LogP contribution in [-0.2, 0) is 9.53 Å². The van der Waals surface area contributed by atoms with Crippen molar-refractivity contribution in [3.8, 4) is 0 Å². The van der Waals surface area contributed by atoms with Gasteiger partial charge in [-0.2, -0.15) is 0 Å². The number of methoxy groups -OCH3 is 1. The normalized spacial score (nSPS) is 12.0. The Hall–Kier alpha value is -1.85. The van der Waals surface area contributed by atoms with Gasteiger partial charge in [-0.25, -0.2) is 18.0 Å². The van der Waals surface area contributed by atoms with Gasteiger partial charge in [0, 0.05) is 0 Å². The van der Waals surface area contributed by atoms with Gasteiger partial charge in [-0.1, -0.05) is 6.07 Å². The van der Waals surface area contributed by atoms with Gasteiger partial charge in [-0.3, -0.25) is 4.79 Å². The standard InChI is InChI=1S/C10H7F3O3/c1-16-10(15)8(13)9(14)7-5(11)3-2-4-6(7)12/h2-4,8H,1H3. The zero-order valence-electron chi connectivity index (χ0n) is 8.17. The van der Waals surface area contributed by atoms with E-state index in [1.165, 1.54) is 0 Å². The summed E-state index contributed by atoms with van der Waals surface area (Å²) in [5.41, 5.74) is -1.08. The van der Waals surface area contributed by atoms with Gasteiger partial charge in [0.2, 0.25) is 5.78 Å². The van der Waals surface area contributed by atoms with Gasteiger partial charge < -0.3 is 4.74 Å². The Balaban J connectivity index is 3.10. The zero-order chi connectivity index (χ0) is 12.3. The van der Waals surface area contributed by atoms with Crippen LogP contribution in [0.5, 0.6) is 0 Å². The predicted octanol–water partition coefficient (Wildman–Crippen LogP) is 1.66. The molecule has 1 unspecified atom stereocenters. The Morgan fingerprint density at radius 3 is 2.19 bits per heavy atom. The van der Waals surface area contributed by atoms with E-state index in [1.807, 2.05) is 0 Å². The largest absolute Gasteiger partial charge is 0.467 e. The molecule has 0 spiro atoms. The minimum atomic E-state index is -2.73. The van der Waals surface area contributed by atoms with Gasteiger partial charge in [0.05, 0.1) is 12.7 Å². The van der Waals surface area contributed by atoms with E-state index in [1.54, 1.807) is 0 Å². The third-order valence-corrected chi connectivity index (χ3v) is 1.85. The Labute approximate surface area is 88.8 Å². The van der Waals surface area contributed by atoms with Crippen LogP contribution in [-0.4, -0.2) is 25.0 Å². The number of hydrogen-bond acceptors (Lipinski definition) is 3. The molecule has 0 saturated heterocycles. The van der Waals surface area contributed by atoms with Crippen LogP contribution in [0.3, 0.4) is 0 Å². The van der Waals surface area contributed by atoms with Crippen molar-refractivity contribution in [2.45, 2.75) is 6.17 Å². The molecule has 0 saturated carbocycles. The number of ketones is 1. The molecule has 1 rings (SSSR count). The van der Waals surface area contributed by atoms with E-state index >= 15 is 0 Å². The van der Waals surface area contributed by atoms with E-state index in [9.17, 15) is 22.8 Å². The maximum absolute atomic E-state index is 13.1. The summed E-state index contributed by atoms with van der Waals surface area (Å²) in [4.78, 5) is 21.9. The smallest absolute Gasteiger partial charge is 0.348 e. The number of ether oxygens (including phenoxy) is 1. The maximum atomic E-state index is 13.1. The minimum absolute atomic E-state index is 0.792.